The van der Waals surface area contributed by atoms with Gasteiger partial charge in [-0.25, -0.2) is 0 Å². The van der Waals surface area contributed by atoms with Gasteiger partial charge in [-0.1, -0.05) is 12.1 Å². The molecular formula is C22H26N3O4+. The van der Waals surface area contributed by atoms with Gasteiger partial charge in [0.2, 0.25) is 0 Å². The second-order valence-corrected chi connectivity index (χ2v) is 7.53. The van der Waals surface area contributed by atoms with Gasteiger partial charge in [0.1, 0.15) is 11.4 Å². The summed E-state index contributed by atoms with van der Waals surface area (Å²) in [6.45, 7) is 3.79. The van der Waals surface area contributed by atoms with Crippen LogP contribution in [0, 0.1) is 10.1 Å². The fraction of sp³-hybridized carbons (Fsp3) is 0.409. The number of benzene rings is 2. The van der Waals surface area contributed by atoms with Crippen molar-refractivity contribution < 1.29 is 19.3 Å². The third-order valence-corrected chi connectivity index (χ3v) is 5.66. The zero-order chi connectivity index (χ0) is 20.4. The van der Waals surface area contributed by atoms with Crippen LogP contribution in [0.3, 0.4) is 0 Å². The summed E-state index contributed by atoms with van der Waals surface area (Å²) in [6.07, 6.45) is 4.16. The maximum Gasteiger partial charge on any atom is 0.275 e. The molecule has 0 aromatic heterocycles. The van der Waals surface area contributed by atoms with Crippen molar-refractivity contribution in [2.75, 3.05) is 24.6 Å². The van der Waals surface area contributed by atoms with Gasteiger partial charge in [0.25, 0.3) is 17.2 Å². The predicted octanol–water partition coefficient (Wildman–Crippen LogP) is 3.64. The van der Waals surface area contributed by atoms with Crippen molar-refractivity contribution in [3.05, 3.63) is 64.2 Å². The van der Waals surface area contributed by atoms with E-state index in [1.807, 2.05) is 36.1 Å². The molecule has 0 amide bonds. The average Bonchev–Trinajstić information content (AvgIpc) is 2.85. The highest BCUT2D eigenvalue weighted by Crippen LogP contribution is 2.39. The Balaban J connectivity index is 1.80. The van der Waals surface area contributed by atoms with Gasteiger partial charge in [-0.05, 0) is 50.5 Å². The summed E-state index contributed by atoms with van der Waals surface area (Å²) in [4.78, 5) is 12.8. The molecule has 0 aliphatic carbocycles. The van der Waals surface area contributed by atoms with E-state index in [-0.39, 0.29) is 5.69 Å². The van der Waals surface area contributed by atoms with E-state index in [4.69, 9.17) is 4.74 Å². The van der Waals surface area contributed by atoms with E-state index in [9.17, 15) is 15.2 Å². The van der Waals surface area contributed by atoms with Crippen LogP contribution in [0.1, 0.15) is 38.2 Å². The van der Waals surface area contributed by atoms with E-state index >= 15 is 0 Å². The second-order valence-electron chi connectivity index (χ2n) is 7.53. The van der Waals surface area contributed by atoms with Crippen LogP contribution in [0.2, 0.25) is 0 Å². The van der Waals surface area contributed by atoms with Crippen LogP contribution in [-0.4, -0.2) is 40.1 Å². The van der Waals surface area contributed by atoms with E-state index < -0.39 is 10.6 Å². The number of amidine groups is 1. The van der Waals surface area contributed by atoms with Crippen molar-refractivity contribution in [2.45, 2.75) is 38.3 Å². The number of ether oxygens (including phenoxy) is 1. The molecule has 152 valence electrons. The summed E-state index contributed by atoms with van der Waals surface area (Å²) in [5.74, 6) is 1.85. The predicted molar refractivity (Wildman–Crippen MR) is 111 cm³/mol. The molecular weight excluding hydrogens is 370 g/mol. The Hall–Kier alpha value is -2.93. The lowest BCUT2D eigenvalue weighted by Gasteiger charge is -2.29. The number of hydrogen-bond acceptors (Lipinski definition) is 5. The number of aliphatic hydroxyl groups is 1. The molecule has 2 aromatic rings. The highest BCUT2D eigenvalue weighted by Gasteiger charge is 2.54. The van der Waals surface area contributed by atoms with E-state index in [0.717, 1.165) is 49.5 Å². The Morgan fingerprint density at radius 3 is 2.72 bits per heavy atom. The first-order valence-electron chi connectivity index (χ1n) is 10.1. The first-order valence-corrected chi connectivity index (χ1v) is 10.1. The molecule has 0 spiro atoms. The van der Waals surface area contributed by atoms with Gasteiger partial charge in [0, 0.05) is 24.1 Å². The van der Waals surface area contributed by atoms with Gasteiger partial charge in [-0.15, -0.1) is 0 Å². The average molecular weight is 396 g/mol. The topological polar surface area (TPSA) is 78.8 Å². The van der Waals surface area contributed by atoms with Crippen molar-refractivity contribution in [1.29, 1.82) is 0 Å². The smallest absolute Gasteiger partial charge is 0.275 e. The summed E-state index contributed by atoms with van der Waals surface area (Å²) >= 11 is 0. The summed E-state index contributed by atoms with van der Waals surface area (Å²) in [5, 5.41) is 23.2. The second kappa shape index (κ2) is 7.83. The zero-order valence-corrected chi connectivity index (χ0v) is 16.6. The SMILES string of the molecule is CCOc1ccc(N2C3=[N+](CCCCC3)C[C@]2(O)c2cccc([N+](=O)[O-])c2)cc1. The molecule has 7 nitrogen and oxygen atoms in total. The molecule has 0 bridgehead atoms. The third kappa shape index (κ3) is 3.58. The van der Waals surface area contributed by atoms with Crippen molar-refractivity contribution >= 4 is 17.2 Å². The Kier molecular flexibility index (Phi) is 5.24. The molecule has 2 heterocycles. The normalized spacial score (nSPS) is 21.7. The highest BCUT2D eigenvalue weighted by atomic mass is 16.6. The van der Waals surface area contributed by atoms with Crippen LogP contribution in [-0.2, 0) is 5.72 Å². The molecule has 1 atom stereocenters. The summed E-state index contributed by atoms with van der Waals surface area (Å²) in [7, 11) is 0. The van der Waals surface area contributed by atoms with Crippen molar-refractivity contribution in [2.24, 2.45) is 0 Å². The van der Waals surface area contributed by atoms with Crippen molar-refractivity contribution in [3.63, 3.8) is 0 Å². The lowest BCUT2D eigenvalue weighted by atomic mass is 9.99. The van der Waals surface area contributed by atoms with E-state index in [1.54, 1.807) is 12.1 Å². The summed E-state index contributed by atoms with van der Waals surface area (Å²) in [5.41, 5.74) is -0.0103. The zero-order valence-electron chi connectivity index (χ0n) is 16.6. The van der Waals surface area contributed by atoms with Gasteiger partial charge < -0.3 is 9.84 Å². The summed E-state index contributed by atoms with van der Waals surface area (Å²) < 4.78 is 7.78. The van der Waals surface area contributed by atoms with E-state index in [1.165, 1.54) is 12.1 Å². The number of nitrogens with zero attached hydrogens (tertiary/aromatic N) is 3. The Morgan fingerprint density at radius 2 is 2.00 bits per heavy atom. The lowest BCUT2D eigenvalue weighted by Crippen LogP contribution is -2.47. The van der Waals surface area contributed by atoms with Crippen LogP contribution in [0.15, 0.2) is 48.5 Å². The van der Waals surface area contributed by atoms with Crippen molar-refractivity contribution in [1.82, 2.24) is 0 Å². The third-order valence-electron chi connectivity index (χ3n) is 5.66. The molecule has 0 saturated carbocycles. The molecule has 2 aliphatic heterocycles. The molecule has 1 N–H and O–H groups in total. The van der Waals surface area contributed by atoms with Gasteiger partial charge in [-0.2, -0.15) is 4.90 Å². The molecule has 2 aromatic carbocycles. The standard InChI is InChI=1S/C22H26N3O4/c1-2-29-20-12-10-18(11-13-20)24-21-9-4-3-5-14-23(21)16-22(24,26)17-7-6-8-19(15-17)25(27)28/h6-8,10-13,15,26H,2-5,9,14,16H2,1H3/q+1/t22-/m0/s1. The molecule has 0 radical (unpaired) electrons. The van der Waals surface area contributed by atoms with E-state index in [2.05, 4.69) is 4.58 Å². The van der Waals surface area contributed by atoms with Crippen LogP contribution in [0.4, 0.5) is 11.4 Å². The van der Waals surface area contributed by atoms with E-state index in [0.29, 0.717) is 18.7 Å². The number of nitro groups is 1. The van der Waals surface area contributed by atoms with Gasteiger partial charge in [0.15, 0.2) is 6.54 Å². The van der Waals surface area contributed by atoms with Gasteiger partial charge in [0.05, 0.1) is 18.1 Å². The minimum absolute atomic E-state index is 0.0188. The van der Waals surface area contributed by atoms with Gasteiger partial charge >= 0.3 is 0 Å². The Morgan fingerprint density at radius 1 is 1.21 bits per heavy atom. The molecule has 7 heteroatoms. The number of nitro benzene ring substituents is 1. The Bertz CT molecular complexity index is 941. The first-order chi connectivity index (χ1) is 14.0. The van der Waals surface area contributed by atoms with Crippen LogP contribution in [0.5, 0.6) is 5.75 Å². The fourth-order valence-electron chi connectivity index (χ4n) is 4.33. The maximum absolute atomic E-state index is 11.9. The number of non-ortho nitro benzene ring substituents is 1. The number of rotatable bonds is 5. The quantitative estimate of drug-likeness (QED) is 0.474. The number of hydrogen-bond donors (Lipinski definition) is 1. The minimum Gasteiger partial charge on any atom is -0.494 e. The van der Waals surface area contributed by atoms with Gasteiger partial charge in [-0.3, -0.25) is 14.7 Å². The molecule has 2 aliphatic rings. The molecule has 29 heavy (non-hydrogen) atoms. The maximum atomic E-state index is 11.9. The van der Waals surface area contributed by atoms with Crippen LogP contribution < -0.4 is 9.64 Å². The molecule has 4 rings (SSSR count). The fourth-order valence-corrected chi connectivity index (χ4v) is 4.33. The number of anilines is 1. The largest absolute Gasteiger partial charge is 0.494 e. The Labute approximate surface area is 170 Å². The van der Waals surface area contributed by atoms with Crippen LogP contribution in [0.25, 0.3) is 0 Å². The molecule has 0 unspecified atom stereocenters. The van der Waals surface area contributed by atoms with Crippen molar-refractivity contribution in [3.8, 4) is 5.75 Å². The molecule has 0 fully saturated rings. The molecule has 0 saturated heterocycles. The lowest BCUT2D eigenvalue weighted by molar-refractivity contribution is -0.534. The first kappa shape index (κ1) is 19.4. The monoisotopic (exact) mass is 396 g/mol. The highest BCUT2D eigenvalue weighted by molar-refractivity contribution is 5.97. The summed E-state index contributed by atoms with van der Waals surface area (Å²) in [6, 6.07) is 14.0. The minimum atomic E-state index is -1.37. The van der Waals surface area contributed by atoms with Crippen LogP contribution >= 0.6 is 0 Å².